The third kappa shape index (κ3) is 3.94. The lowest BCUT2D eigenvalue weighted by Gasteiger charge is -2.18. The van der Waals surface area contributed by atoms with Crippen LogP contribution in [0.3, 0.4) is 0 Å². The van der Waals surface area contributed by atoms with Gasteiger partial charge in [-0.3, -0.25) is 0 Å². The molecule has 9 rings (SSSR count). The molecule has 0 spiro atoms. The van der Waals surface area contributed by atoms with E-state index in [1.54, 1.807) is 0 Å². The first-order valence-corrected chi connectivity index (χ1v) is 15.9. The van der Waals surface area contributed by atoms with Crippen LogP contribution >= 0.6 is 0 Å². The molecule has 2 heterocycles. The number of para-hydroxylation sites is 5. The van der Waals surface area contributed by atoms with Crippen molar-refractivity contribution in [2.75, 3.05) is 0 Å². The maximum absolute atomic E-state index is 10.8. The first-order chi connectivity index (χ1) is 23.8. The van der Waals surface area contributed by atoms with Crippen LogP contribution in [0.15, 0.2) is 158 Å². The second-order valence-corrected chi connectivity index (χ2v) is 11.9. The highest BCUT2D eigenvalue weighted by Crippen LogP contribution is 2.41. The van der Waals surface area contributed by atoms with Crippen molar-refractivity contribution in [1.82, 2.24) is 9.13 Å². The van der Waals surface area contributed by atoms with E-state index in [1.807, 2.05) is 72.8 Å². The monoisotopic (exact) mass is 610 g/mol. The summed E-state index contributed by atoms with van der Waals surface area (Å²) in [5.74, 6) is 0. The first-order valence-electron chi connectivity index (χ1n) is 15.9. The van der Waals surface area contributed by atoms with Gasteiger partial charge in [-0.2, -0.15) is 10.5 Å². The second-order valence-electron chi connectivity index (χ2n) is 11.9. The molecule has 0 aliphatic rings. The summed E-state index contributed by atoms with van der Waals surface area (Å²) < 4.78 is 4.46. The largest absolute Gasteiger partial charge is 0.309 e. The van der Waals surface area contributed by atoms with Crippen molar-refractivity contribution in [2.45, 2.75) is 0 Å². The molecule has 0 saturated heterocycles. The van der Waals surface area contributed by atoms with E-state index in [2.05, 4.69) is 106 Å². The molecule has 0 aliphatic heterocycles. The molecule has 9 aromatic rings. The first kappa shape index (κ1) is 27.4. The van der Waals surface area contributed by atoms with Crippen molar-refractivity contribution >= 4 is 43.6 Å². The molecule has 0 bridgehead atoms. The number of benzene rings is 7. The van der Waals surface area contributed by atoms with E-state index in [4.69, 9.17) is 0 Å². The van der Waals surface area contributed by atoms with E-state index in [0.717, 1.165) is 66.5 Å². The van der Waals surface area contributed by atoms with Crippen LogP contribution in [0.25, 0.3) is 77.2 Å². The van der Waals surface area contributed by atoms with E-state index >= 15 is 0 Å². The molecular formula is C44H26N4. The highest BCUT2D eigenvalue weighted by Gasteiger charge is 2.22. The predicted molar refractivity (Wildman–Crippen MR) is 195 cm³/mol. The summed E-state index contributed by atoms with van der Waals surface area (Å²) in [5.41, 5.74) is 10.3. The Morgan fingerprint density at radius 2 is 0.646 bits per heavy atom. The summed E-state index contributed by atoms with van der Waals surface area (Å²) in [6.45, 7) is 0. The summed E-state index contributed by atoms with van der Waals surface area (Å²) in [4.78, 5) is 0. The van der Waals surface area contributed by atoms with Gasteiger partial charge in [-0.15, -0.1) is 0 Å². The van der Waals surface area contributed by atoms with Crippen LogP contribution in [0.1, 0.15) is 11.1 Å². The number of nitrogens with zero attached hydrogens (tertiary/aromatic N) is 4. The lowest BCUT2D eigenvalue weighted by atomic mass is 9.89. The Bertz CT molecular complexity index is 2710. The molecule has 0 amide bonds. The minimum atomic E-state index is 0.522. The topological polar surface area (TPSA) is 57.4 Å². The van der Waals surface area contributed by atoms with E-state index in [9.17, 15) is 10.5 Å². The number of nitriles is 2. The van der Waals surface area contributed by atoms with E-state index < -0.39 is 0 Å². The molecular weight excluding hydrogens is 585 g/mol. The number of hydrogen-bond donors (Lipinski definition) is 0. The minimum absolute atomic E-state index is 0.522. The molecule has 0 fully saturated rings. The molecule has 0 saturated carbocycles. The average molecular weight is 611 g/mol. The van der Waals surface area contributed by atoms with Gasteiger partial charge in [-0.25, -0.2) is 0 Å². The van der Waals surface area contributed by atoms with Gasteiger partial charge in [0, 0.05) is 43.8 Å². The Morgan fingerprint density at radius 1 is 0.312 bits per heavy atom. The minimum Gasteiger partial charge on any atom is -0.309 e. The molecule has 48 heavy (non-hydrogen) atoms. The zero-order valence-electron chi connectivity index (χ0n) is 25.8. The predicted octanol–water partition coefficient (Wildman–Crippen LogP) is 11.0. The zero-order chi connectivity index (χ0) is 32.2. The average Bonchev–Trinajstić information content (AvgIpc) is 3.67. The molecule has 4 heteroatoms. The number of hydrogen-bond acceptors (Lipinski definition) is 2. The van der Waals surface area contributed by atoms with Crippen LogP contribution < -0.4 is 0 Å². The Kier molecular flexibility index (Phi) is 6.22. The molecule has 222 valence electrons. The third-order valence-corrected chi connectivity index (χ3v) is 9.46. The number of aromatic nitrogens is 2. The van der Waals surface area contributed by atoms with Crippen LogP contribution in [0.5, 0.6) is 0 Å². The molecule has 0 atom stereocenters. The van der Waals surface area contributed by atoms with Gasteiger partial charge in [0.2, 0.25) is 0 Å². The SMILES string of the molecule is N#Cc1c(-c2ccccc2-n2c3ccccc3c3ccccc32)cccc1-c1cccc(-n2c3ccccc3c3ccccc32)c1C#N. The van der Waals surface area contributed by atoms with Crippen molar-refractivity contribution in [2.24, 2.45) is 0 Å². The molecule has 4 nitrogen and oxygen atoms in total. The summed E-state index contributed by atoms with van der Waals surface area (Å²) in [6.07, 6.45) is 0. The Labute approximate surface area is 277 Å². The zero-order valence-corrected chi connectivity index (χ0v) is 25.8. The quantitative estimate of drug-likeness (QED) is 0.199. The van der Waals surface area contributed by atoms with Gasteiger partial charge in [0.1, 0.15) is 12.1 Å². The Hall–Kier alpha value is -6.88. The van der Waals surface area contributed by atoms with Crippen LogP contribution in [0.2, 0.25) is 0 Å². The summed E-state index contributed by atoms with van der Waals surface area (Å²) in [6, 6.07) is 58.7. The molecule has 0 unspecified atom stereocenters. The van der Waals surface area contributed by atoms with E-state index in [1.165, 1.54) is 10.8 Å². The van der Waals surface area contributed by atoms with E-state index in [-0.39, 0.29) is 0 Å². The van der Waals surface area contributed by atoms with Gasteiger partial charge in [0.05, 0.1) is 44.6 Å². The van der Waals surface area contributed by atoms with Gasteiger partial charge in [-0.05, 0) is 36.4 Å². The lowest BCUT2D eigenvalue weighted by Crippen LogP contribution is -2.01. The summed E-state index contributed by atoms with van der Waals surface area (Å²) >= 11 is 0. The lowest BCUT2D eigenvalue weighted by molar-refractivity contribution is 1.17. The fourth-order valence-corrected chi connectivity index (χ4v) is 7.45. The van der Waals surface area contributed by atoms with Crippen LogP contribution in [0, 0.1) is 22.7 Å². The number of fused-ring (bicyclic) bond motifs is 6. The van der Waals surface area contributed by atoms with Gasteiger partial charge < -0.3 is 9.13 Å². The normalized spacial score (nSPS) is 11.3. The standard InChI is InChI=1S/C44H26N4/c45-27-37-29(30-20-12-26-44(38(30)28-46)48-42-24-9-4-16-35(42)36-17-5-10-25-43(36)48)18-11-19-31(37)32-13-1-6-21-39(32)47-40-22-7-2-14-33(40)34-15-3-8-23-41(34)47/h1-26H. The molecule has 0 N–H and O–H groups in total. The summed E-state index contributed by atoms with van der Waals surface area (Å²) in [5, 5.41) is 26.2. The number of rotatable bonds is 4. The Balaban J connectivity index is 1.29. The smallest absolute Gasteiger partial charge is 0.102 e. The molecule has 2 aromatic heterocycles. The van der Waals surface area contributed by atoms with Crippen molar-refractivity contribution in [3.05, 3.63) is 169 Å². The highest BCUT2D eigenvalue weighted by atomic mass is 15.0. The fraction of sp³-hybridized carbons (Fsp3) is 0. The van der Waals surface area contributed by atoms with Crippen LogP contribution in [0.4, 0.5) is 0 Å². The fourth-order valence-electron chi connectivity index (χ4n) is 7.45. The maximum atomic E-state index is 10.8. The van der Waals surface area contributed by atoms with Crippen molar-refractivity contribution < 1.29 is 0 Å². The molecule has 0 radical (unpaired) electrons. The van der Waals surface area contributed by atoms with Gasteiger partial charge >= 0.3 is 0 Å². The Morgan fingerprint density at radius 3 is 1.15 bits per heavy atom. The van der Waals surface area contributed by atoms with Crippen molar-refractivity contribution in [3.63, 3.8) is 0 Å². The maximum Gasteiger partial charge on any atom is 0.102 e. The van der Waals surface area contributed by atoms with Crippen molar-refractivity contribution in [1.29, 1.82) is 10.5 Å². The highest BCUT2D eigenvalue weighted by molar-refractivity contribution is 6.11. The summed E-state index contributed by atoms with van der Waals surface area (Å²) in [7, 11) is 0. The van der Waals surface area contributed by atoms with E-state index in [0.29, 0.717) is 11.1 Å². The second kappa shape index (κ2) is 10.9. The van der Waals surface area contributed by atoms with Gasteiger partial charge in [-0.1, -0.05) is 121 Å². The van der Waals surface area contributed by atoms with Gasteiger partial charge in [0.15, 0.2) is 0 Å². The van der Waals surface area contributed by atoms with Crippen molar-refractivity contribution in [3.8, 4) is 45.8 Å². The van der Waals surface area contributed by atoms with Crippen LogP contribution in [-0.2, 0) is 0 Å². The molecule has 0 aliphatic carbocycles. The molecule has 7 aromatic carbocycles. The van der Waals surface area contributed by atoms with Crippen LogP contribution in [-0.4, -0.2) is 9.13 Å². The van der Waals surface area contributed by atoms with Gasteiger partial charge in [0.25, 0.3) is 0 Å². The third-order valence-electron chi connectivity index (χ3n) is 9.46.